The highest BCUT2D eigenvalue weighted by Crippen LogP contribution is 2.47. The molecule has 4 atom stereocenters. The number of halogens is 2. The van der Waals surface area contributed by atoms with Crippen molar-refractivity contribution in [3.8, 4) is 0 Å². The molecule has 7 nitrogen and oxygen atoms in total. The van der Waals surface area contributed by atoms with Gasteiger partial charge in [0, 0.05) is 55.4 Å². The molecule has 0 radical (unpaired) electrons. The number of alkyl halides is 2. The van der Waals surface area contributed by atoms with Crippen LogP contribution in [0.2, 0.25) is 0 Å². The molecule has 9 heteroatoms. The smallest absolute Gasteiger partial charge is 0.248 e. The molecule has 6 rings (SSSR count). The topological polar surface area (TPSA) is 79.7 Å². The Labute approximate surface area is 209 Å². The lowest BCUT2D eigenvalue weighted by Gasteiger charge is -2.21. The van der Waals surface area contributed by atoms with Crippen LogP contribution in [0.1, 0.15) is 70.7 Å². The molecule has 3 aromatic heterocycles. The Kier molecular flexibility index (Phi) is 5.50. The number of pyridine rings is 1. The van der Waals surface area contributed by atoms with Crippen molar-refractivity contribution >= 4 is 11.6 Å². The van der Waals surface area contributed by atoms with E-state index in [0.29, 0.717) is 25.2 Å². The summed E-state index contributed by atoms with van der Waals surface area (Å²) in [6.45, 7) is 7.80. The number of rotatable bonds is 6. The Morgan fingerprint density at radius 2 is 1.97 bits per heavy atom. The average Bonchev–Trinajstić information content (AvgIpc) is 3.62. The predicted octanol–water partition coefficient (Wildman–Crippen LogP) is 4.70. The van der Waals surface area contributed by atoms with Gasteiger partial charge in [-0.2, -0.15) is 10.2 Å². The quantitative estimate of drug-likeness (QED) is 0.503. The number of carbonyl (C=O) groups excluding carboxylic acids is 1. The molecule has 3 aliphatic rings. The van der Waals surface area contributed by atoms with Crippen LogP contribution < -0.4 is 4.90 Å². The molecule has 36 heavy (non-hydrogen) atoms. The molecule has 0 amide bonds. The number of Topliss-reactive ketones (excluding diaryl/α,β-unsaturated/α-hetero) is 1. The SMILES string of the molecule is Cc1nc(N2CC3CC(F)(F)C[C@@H]3C2)ccc1Cn1cc(C(=O)[C@@H](C)C2CCc3c2n[nH]c3C)cn1. The van der Waals surface area contributed by atoms with Crippen LogP contribution in [0.15, 0.2) is 24.5 Å². The maximum Gasteiger partial charge on any atom is 0.248 e. The molecule has 3 aromatic rings. The summed E-state index contributed by atoms with van der Waals surface area (Å²) < 4.78 is 29.2. The van der Waals surface area contributed by atoms with Crippen LogP contribution in [0.25, 0.3) is 0 Å². The fourth-order valence-electron chi connectivity index (χ4n) is 6.57. The second-order valence-electron chi connectivity index (χ2n) is 11.0. The minimum absolute atomic E-state index is 0.00649. The van der Waals surface area contributed by atoms with Crippen molar-refractivity contribution in [3.63, 3.8) is 0 Å². The number of ketones is 1. The van der Waals surface area contributed by atoms with E-state index in [0.717, 1.165) is 41.3 Å². The maximum absolute atomic E-state index is 13.7. The van der Waals surface area contributed by atoms with Gasteiger partial charge in [0.2, 0.25) is 5.92 Å². The molecule has 1 saturated carbocycles. The monoisotopic (exact) mass is 494 g/mol. The lowest BCUT2D eigenvalue weighted by molar-refractivity contribution is 0.00172. The van der Waals surface area contributed by atoms with E-state index in [-0.39, 0.29) is 42.3 Å². The Bertz CT molecular complexity index is 1300. The molecule has 1 aliphatic heterocycles. The maximum atomic E-state index is 13.7. The third kappa shape index (κ3) is 4.02. The van der Waals surface area contributed by atoms with Gasteiger partial charge in [-0.3, -0.25) is 14.6 Å². The fraction of sp³-hybridized carbons (Fsp3) is 0.556. The summed E-state index contributed by atoms with van der Waals surface area (Å²) in [6.07, 6.45) is 5.38. The number of fused-ring (bicyclic) bond motifs is 2. The van der Waals surface area contributed by atoms with Gasteiger partial charge in [-0.1, -0.05) is 13.0 Å². The molecule has 2 aliphatic carbocycles. The Balaban J connectivity index is 1.11. The van der Waals surface area contributed by atoms with E-state index in [2.05, 4.69) is 20.2 Å². The van der Waals surface area contributed by atoms with E-state index in [1.807, 2.05) is 39.1 Å². The summed E-state index contributed by atoms with van der Waals surface area (Å²) in [5, 5.41) is 12.0. The fourth-order valence-corrected chi connectivity index (χ4v) is 6.57. The van der Waals surface area contributed by atoms with E-state index >= 15 is 0 Å². The number of aromatic amines is 1. The van der Waals surface area contributed by atoms with Gasteiger partial charge < -0.3 is 4.90 Å². The number of anilines is 1. The molecule has 4 heterocycles. The van der Waals surface area contributed by atoms with Crippen molar-refractivity contribution in [2.75, 3.05) is 18.0 Å². The third-order valence-corrected chi connectivity index (χ3v) is 8.63. The zero-order chi connectivity index (χ0) is 25.2. The highest BCUT2D eigenvalue weighted by molar-refractivity contribution is 5.97. The van der Waals surface area contributed by atoms with Crippen LogP contribution in [0.4, 0.5) is 14.6 Å². The van der Waals surface area contributed by atoms with E-state index in [1.54, 1.807) is 10.9 Å². The zero-order valence-electron chi connectivity index (χ0n) is 21.0. The van der Waals surface area contributed by atoms with Gasteiger partial charge in [-0.15, -0.1) is 0 Å². The summed E-state index contributed by atoms with van der Waals surface area (Å²) in [5.74, 6) is -1.48. The van der Waals surface area contributed by atoms with Gasteiger partial charge in [0.05, 0.1) is 24.0 Å². The zero-order valence-corrected chi connectivity index (χ0v) is 21.0. The summed E-state index contributed by atoms with van der Waals surface area (Å²) >= 11 is 0. The molecule has 2 unspecified atom stereocenters. The normalized spacial score (nSPS) is 25.2. The number of carbonyl (C=O) groups is 1. The van der Waals surface area contributed by atoms with Crippen molar-refractivity contribution in [2.24, 2.45) is 17.8 Å². The molecule has 1 N–H and O–H groups in total. The highest BCUT2D eigenvalue weighted by atomic mass is 19.3. The van der Waals surface area contributed by atoms with Crippen LogP contribution in [-0.4, -0.2) is 49.8 Å². The lowest BCUT2D eigenvalue weighted by atomic mass is 9.86. The predicted molar refractivity (Wildman–Crippen MR) is 132 cm³/mol. The van der Waals surface area contributed by atoms with E-state index in [1.165, 1.54) is 5.56 Å². The van der Waals surface area contributed by atoms with Gasteiger partial charge in [-0.25, -0.2) is 13.8 Å². The van der Waals surface area contributed by atoms with E-state index in [4.69, 9.17) is 4.98 Å². The highest BCUT2D eigenvalue weighted by Gasteiger charge is 2.50. The summed E-state index contributed by atoms with van der Waals surface area (Å²) in [6, 6.07) is 4.01. The number of aryl methyl sites for hydroxylation is 2. The van der Waals surface area contributed by atoms with Crippen molar-refractivity contribution in [3.05, 3.63) is 58.3 Å². The third-order valence-electron chi connectivity index (χ3n) is 8.63. The van der Waals surface area contributed by atoms with Gasteiger partial charge in [0.15, 0.2) is 5.78 Å². The Morgan fingerprint density at radius 1 is 1.22 bits per heavy atom. The first-order valence-electron chi connectivity index (χ1n) is 12.9. The van der Waals surface area contributed by atoms with Crippen molar-refractivity contribution in [2.45, 2.75) is 64.8 Å². The number of H-pyrrole nitrogens is 1. The number of nitrogens with one attached hydrogen (secondary N) is 1. The largest absolute Gasteiger partial charge is 0.356 e. The molecule has 0 spiro atoms. The first kappa shape index (κ1) is 23.3. The number of nitrogens with zero attached hydrogens (tertiary/aromatic N) is 5. The lowest BCUT2D eigenvalue weighted by Crippen LogP contribution is -2.25. The minimum Gasteiger partial charge on any atom is -0.356 e. The van der Waals surface area contributed by atoms with Crippen LogP contribution in [0.5, 0.6) is 0 Å². The summed E-state index contributed by atoms with van der Waals surface area (Å²) in [4.78, 5) is 20.2. The molecule has 0 bridgehead atoms. The second kappa shape index (κ2) is 8.49. The van der Waals surface area contributed by atoms with Crippen LogP contribution in [0.3, 0.4) is 0 Å². The van der Waals surface area contributed by atoms with Crippen LogP contribution >= 0.6 is 0 Å². The van der Waals surface area contributed by atoms with Gasteiger partial charge >= 0.3 is 0 Å². The number of hydrogen-bond acceptors (Lipinski definition) is 5. The first-order valence-corrected chi connectivity index (χ1v) is 12.9. The molecule has 0 aromatic carbocycles. The molecule has 1 saturated heterocycles. The van der Waals surface area contributed by atoms with Gasteiger partial charge in [-0.05, 0) is 55.7 Å². The van der Waals surface area contributed by atoms with Gasteiger partial charge in [0.25, 0.3) is 0 Å². The van der Waals surface area contributed by atoms with E-state index < -0.39 is 5.92 Å². The first-order chi connectivity index (χ1) is 17.2. The number of hydrogen-bond donors (Lipinski definition) is 1. The Morgan fingerprint density at radius 3 is 2.69 bits per heavy atom. The molecular formula is C27H32F2N6O. The van der Waals surface area contributed by atoms with Gasteiger partial charge in [0.1, 0.15) is 5.82 Å². The standard InChI is InChI=1S/C27H32F2N6O/c1-15(22-5-6-23-17(3)32-33-25(22)23)26(36)21-10-30-35(14-21)13-18-4-7-24(31-16(18)2)34-11-19-8-27(28,29)9-20(19)12-34/h4,7,10,14-15,19-20,22H,5-6,8-9,11-13H2,1-3H3,(H,32,33)/t15-,19+,20?,22?/m0/s1. The van der Waals surface area contributed by atoms with E-state index in [9.17, 15) is 13.6 Å². The Hall–Kier alpha value is -3.10. The molecule has 2 fully saturated rings. The second-order valence-corrected chi connectivity index (χ2v) is 11.0. The summed E-state index contributed by atoms with van der Waals surface area (Å²) in [5.41, 5.74) is 5.93. The average molecular weight is 495 g/mol. The molecule has 190 valence electrons. The summed E-state index contributed by atoms with van der Waals surface area (Å²) in [7, 11) is 0. The van der Waals surface area contributed by atoms with Crippen LogP contribution in [-0.2, 0) is 13.0 Å². The van der Waals surface area contributed by atoms with Crippen molar-refractivity contribution in [1.29, 1.82) is 0 Å². The van der Waals surface area contributed by atoms with Crippen molar-refractivity contribution < 1.29 is 13.6 Å². The number of aromatic nitrogens is 5. The van der Waals surface area contributed by atoms with Crippen LogP contribution in [0, 0.1) is 31.6 Å². The molecular weight excluding hydrogens is 462 g/mol. The van der Waals surface area contributed by atoms with Crippen molar-refractivity contribution in [1.82, 2.24) is 25.0 Å². The minimum atomic E-state index is -2.51.